The first kappa shape index (κ1) is 18.6. The third-order valence-corrected chi connectivity index (χ3v) is 5.16. The molecule has 0 amide bonds. The third kappa shape index (κ3) is 5.98. The van der Waals surface area contributed by atoms with Crippen molar-refractivity contribution < 1.29 is 0 Å². The average Bonchev–Trinajstić information content (AvgIpc) is 2.46. The lowest BCUT2D eigenvalue weighted by molar-refractivity contribution is 0.157. The van der Waals surface area contributed by atoms with Crippen LogP contribution < -0.4 is 5.32 Å². The quantitative estimate of drug-likeness (QED) is 0.638. The van der Waals surface area contributed by atoms with Crippen molar-refractivity contribution in [3.05, 3.63) is 0 Å². The van der Waals surface area contributed by atoms with Crippen LogP contribution in [-0.2, 0) is 0 Å². The fourth-order valence-electron chi connectivity index (χ4n) is 4.40. The summed E-state index contributed by atoms with van der Waals surface area (Å²) < 4.78 is 0. The predicted molar refractivity (Wildman–Crippen MR) is 99.9 cm³/mol. The Labute approximate surface area is 143 Å². The maximum atomic E-state index is 4.55. The Kier molecular flexibility index (Phi) is 7.19. The van der Waals surface area contributed by atoms with Gasteiger partial charge in [-0.25, -0.2) is 0 Å². The molecule has 3 unspecified atom stereocenters. The monoisotopic (exact) mass is 322 g/mol. The molecule has 0 aromatic carbocycles. The second-order valence-corrected chi connectivity index (χ2v) is 8.44. The molecule has 2 saturated heterocycles. The Bertz CT molecular complexity index is 370. The second kappa shape index (κ2) is 8.91. The number of piperidine rings is 2. The Hall–Kier alpha value is -0.770. The van der Waals surface area contributed by atoms with Gasteiger partial charge in [-0.05, 0) is 49.5 Å². The standard InChI is InChI=1S/C19H38N4/c1-15(2)11-22-8-6-7-18(14-22)10-21-19(20-5)23-12-16(3)9-17(4)13-23/h15-18H,6-14H2,1-5H3,(H,20,21). The lowest BCUT2D eigenvalue weighted by atomic mass is 9.92. The van der Waals surface area contributed by atoms with Crippen molar-refractivity contribution >= 4 is 5.96 Å². The molecule has 2 heterocycles. The molecule has 0 spiro atoms. The molecule has 2 fully saturated rings. The van der Waals surface area contributed by atoms with Gasteiger partial charge in [0.15, 0.2) is 5.96 Å². The zero-order chi connectivity index (χ0) is 16.8. The minimum absolute atomic E-state index is 0.763. The molecule has 4 heteroatoms. The van der Waals surface area contributed by atoms with E-state index < -0.39 is 0 Å². The lowest BCUT2D eigenvalue weighted by Crippen LogP contribution is -2.50. The van der Waals surface area contributed by atoms with Crippen LogP contribution >= 0.6 is 0 Å². The van der Waals surface area contributed by atoms with E-state index in [1.807, 2.05) is 7.05 Å². The maximum Gasteiger partial charge on any atom is 0.193 e. The van der Waals surface area contributed by atoms with Crippen LogP contribution in [0.15, 0.2) is 4.99 Å². The summed E-state index contributed by atoms with van der Waals surface area (Å²) in [6.45, 7) is 16.5. The smallest absolute Gasteiger partial charge is 0.193 e. The van der Waals surface area contributed by atoms with Gasteiger partial charge in [0.1, 0.15) is 0 Å². The summed E-state index contributed by atoms with van der Waals surface area (Å²) >= 11 is 0. The van der Waals surface area contributed by atoms with E-state index in [1.54, 1.807) is 0 Å². The fourth-order valence-corrected chi connectivity index (χ4v) is 4.40. The van der Waals surface area contributed by atoms with E-state index in [0.717, 1.165) is 49.3 Å². The number of aliphatic imine (C=N–C) groups is 1. The molecule has 2 aliphatic heterocycles. The van der Waals surface area contributed by atoms with Crippen LogP contribution in [0.25, 0.3) is 0 Å². The summed E-state index contributed by atoms with van der Waals surface area (Å²) in [5, 5.41) is 3.67. The molecular formula is C19H38N4. The summed E-state index contributed by atoms with van der Waals surface area (Å²) in [4.78, 5) is 9.66. The van der Waals surface area contributed by atoms with Crippen LogP contribution in [0.1, 0.15) is 47.0 Å². The Morgan fingerprint density at radius 2 is 1.87 bits per heavy atom. The number of nitrogens with one attached hydrogen (secondary N) is 1. The Morgan fingerprint density at radius 1 is 1.17 bits per heavy atom. The second-order valence-electron chi connectivity index (χ2n) is 8.44. The van der Waals surface area contributed by atoms with E-state index in [2.05, 4.69) is 47.8 Å². The van der Waals surface area contributed by atoms with Crippen molar-refractivity contribution in [3.8, 4) is 0 Å². The van der Waals surface area contributed by atoms with Gasteiger partial charge in [0, 0.05) is 39.8 Å². The first-order valence-corrected chi connectivity index (χ1v) is 9.65. The summed E-state index contributed by atoms with van der Waals surface area (Å²) in [6, 6.07) is 0. The average molecular weight is 323 g/mol. The van der Waals surface area contributed by atoms with Crippen LogP contribution in [0.2, 0.25) is 0 Å². The molecule has 1 N–H and O–H groups in total. The molecule has 0 radical (unpaired) electrons. The zero-order valence-electron chi connectivity index (χ0n) is 16.0. The summed E-state index contributed by atoms with van der Waals surface area (Å²) in [7, 11) is 1.93. The summed E-state index contributed by atoms with van der Waals surface area (Å²) in [6.07, 6.45) is 4.04. The van der Waals surface area contributed by atoms with Gasteiger partial charge in [-0.3, -0.25) is 4.99 Å². The number of likely N-dealkylation sites (tertiary alicyclic amines) is 2. The Balaban J connectivity index is 1.81. The molecule has 4 nitrogen and oxygen atoms in total. The molecule has 3 atom stereocenters. The highest BCUT2D eigenvalue weighted by Crippen LogP contribution is 2.21. The van der Waals surface area contributed by atoms with E-state index in [-0.39, 0.29) is 0 Å². The maximum absolute atomic E-state index is 4.55. The molecule has 2 aliphatic rings. The number of guanidine groups is 1. The number of rotatable bonds is 4. The molecule has 0 bridgehead atoms. The van der Waals surface area contributed by atoms with E-state index in [4.69, 9.17) is 0 Å². The SMILES string of the molecule is CN=C(NCC1CCCN(CC(C)C)C1)N1CC(C)CC(C)C1. The van der Waals surface area contributed by atoms with Gasteiger partial charge in [-0.2, -0.15) is 0 Å². The largest absolute Gasteiger partial charge is 0.356 e. The van der Waals surface area contributed by atoms with Crippen molar-refractivity contribution in [2.45, 2.75) is 47.0 Å². The highest BCUT2D eigenvalue weighted by atomic mass is 15.3. The number of hydrogen-bond acceptors (Lipinski definition) is 2. The summed E-state index contributed by atoms with van der Waals surface area (Å²) in [5.41, 5.74) is 0. The number of nitrogens with zero attached hydrogens (tertiary/aromatic N) is 3. The third-order valence-electron chi connectivity index (χ3n) is 5.16. The minimum atomic E-state index is 0.763. The van der Waals surface area contributed by atoms with Gasteiger partial charge in [0.2, 0.25) is 0 Å². The molecule has 134 valence electrons. The van der Waals surface area contributed by atoms with Gasteiger partial charge in [0.05, 0.1) is 0 Å². The van der Waals surface area contributed by atoms with Crippen LogP contribution in [0.4, 0.5) is 0 Å². The van der Waals surface area contributed by atoms with Crippen LogP contribution in [-0.4, -0.2) is 62.1 Å². The highest BCUT2D eigenvalue weighted by Gasteiger charge is 2.25. The molecule has 0 aromatic rings. The first-order chi connectivity index (χ1) is 11.0. The molecule has 2 rings (SSSR count). The van der Waals surface area contributed by atoms with Crippen molar-refractivity contribution in [1.29, 1.82) is 0 Å². The van der Waals surface area contributed by atoms with E-state index in [1.165, 1.54) is 38.9 Å². The van der Waals surface area contributed by atoms with Gasteiger partial charge in [-0.1, -0.05) is 27.7 Å². The lowest BCUT2D eigenvalue weighted by Gasteiger charge is -2.38. The zero-order valence-corrected chi connectivity index (χ0v) is 16.0. The van der Waals surface area contributed by atoms with Gasteiger partial charge in [0.25, 0.3) is 0 Å². The fraction of sp³-hybridized carbons (Fsp3) is 0.947. The molecule has 0 saturated carbocycles. The highest BCUT2D eigenvalue weighted by molar-refractivity contribution is 5.80. The van der Waals surface area contributed by atoms with E-state index in [9.17, 15) is 0 Å². The molecular weight excluding hydrogens is 284 g/mol. The number of hydrogen-bond donors (Lipinski definition) is 1. The van der Waals surface area contributed by atoms with E-state index >= 15 is 0 Å². The molecule has 0 aromatic heterocycles. The van der Waals surface area contributed by atoms with Crippen molar-refractivity contribution in [2.24, 2.45) is 28.7 Å². The summed E-state index contributed by atoms with van der Waals surface area (Å²) in [5.74, 6) is 4.19. The van der Waals surface area contributed by atoms with Crippen molar-refractivity contribution in [3.63, 3.8) is 0 Å². The van der Waals surface area contributed by atoms with Crippen LogP contribution in [0.3, 0.4) is 0 Å². The predicted octanol–water partition coefficient (Wildman–Crippen LogP) is 2.91. The topological polar surface area (TPSA) is 30.9 Å². The van der Waals surface area contributed by atoms with Crippen molar-refractivity contribution in [1.82, 2.24) is 15.1 Å². The normalized spacial score (nSPS) is 30.8. The van der Waals surface area contributed by atoms with Gasteiger partial charge in [-0.15, -0.1) is 0 Å². The Morgan fingerprint density at radius 3 is 2.48 bits per heavy atom. The van der Waals surface area contributed by atoms with Gasteiger partial charge >= 0.3 is 0 Å². The molecule has 0 aliphatic carbocycles. The van der Waals surface area contributed by atoms with Crippen molar-refractivity contribution in [2.75, 3.05) is 46.3 Å². The first-order valence-electron chi connectivity index (χ1n) is 9.65. The van der Waals surface area contributed by atoms with Crippen LogP contribution in [0, 0.1) is 23.7 Å². The van der Waals surface area contributed by atoms with E-state index in [0.29, 0.717) is 0 Å². The van der Waals surface area contributed by atoms with Gasteiger partial charge < -0.3 is 15.1 Å². The molecule has 23 heavy (non-hydrogen) atoms. The minimum Gasteiger partial charge on any atom is -0.356 e. The van der Waals surface area contributed by atoms with Crippen LogP contribution in [0.5, 0.6) is 0 Å².